The highest BCUT2D eigenvalue weighted by molar-refractivity contribution is 5.99. The Morgan fingerprint density at radius 2 is 2.17 bits per heavy atom. The molecule has 100 valence electrons. The van der Waals surface area contributed by atoms with E-state index in [0.29, 0.717) is 18.0 Å². The lowest BCUT2D eigenvalue weighted by atomic mass is 10.1. The summed E-state index contributed by atoms with van der Waals surface area (Å²) < 4.78 is 13.6. The van der Waals surface area contributed by atoms with Crippen LogP contribution in [0.15, 0.2) is 18.2 Å². The standard InChI is InChI=1S/C14H21FN2O/c1-5-10(2)9-17(4)14(18)11-7-6-8-12(15)13(11)16-3/h6-8,10,16H,5,9H2,1-4H3. The van der Waals surface area contributed by atoms with Crippen LogP contribution in [0.5, 0.6) is 0 Å². The van der Waals surface area contributed by atoms with Crippen molar-refractivity contribution in [2.24, 2.45) is 5.92 Å². The Hall–Kier alpha value is -1.58. The summed E-state index contributed by atoms with van der Waals surface area (Å²) in [6.45, 7) is 4.85. The van der Waals surface area contributed by atoms with E-state index in [9.17, 15) is 9.18 Å². The monoisotopic (exact) mass is 252 g/mol. The molecule has 0 fully saturated rings. The van der Waals surface area contributed by atoms with Gasteiger partial charge in [-0.05, 0) is 18.1 Å². The molecule has 0 radical (unpaired) electrons. The smallest absolute Gasteiger partial charge is 0.255 e. The molecule has 0 saturated carbocycles. The van der Waals surface area contributed by atoms with Crippen molar-refractivity contribution in [1.82, 2.24) is 4.90 Å². The molecule has 1 amide bonds. The van der Waals surface area contributed by atoms with Crippen LogP contribution in [0.1, 0.15) is 30.6 Å². The van der Waals surface area contributed by atoms with Gasteiger partial charge in [0.15, 0.2) is 0 Å². The van der Waals surface area contributed by atoms with Gasteiger partial charge in [-0.1, -0.05) is 26.3 Å². The van der Waals surface area contributed by atoms with Crippen molar-refractivity contribution in [3.05, 3.63) is 29.6 Å². The molecule has 0 aliphatic carbocycles. The lowest BCUT2D eigenvalue weighted by Crippen LogP contribution is -2.31. The Balaban J connectivity index is 2.93. The van der Waals surface area contributed by atoms with Crippen molar-refractivity contribution in [2.45, 2.75) is 20.3 Å². The Bertz CT molecular complexity index is 420. The van der Waals surface area contributed by atoms with Crippen LogP contribution in [0.2, 0.25) is 0 Å². The number of carbonyl (C=O) groups is 1. The second kappa shape index (κ2) is 6.38. The molecule has 0 bridgehead atoms. The highest BCUT2D eigenvalue weighted by Gasteiger charge is 2.18. The van der Waals surface area contributed by atoms with Crippen LogP contribution in [0.4, 0.5) is 10.1 Å². The molecule has 0 spiro atoms. The SMILES string of the molecule is CCC(C)CN(C)C(=O)c1cccc(F)c1NC. The van der Waals surface area contributed by atoms with Crippen LogP contribution >= 0.6 is 0 Å². The predicted molar refractivity (Wildman–Crippen MR) is 72.4 cm³/mol. The second-order valence-electron chi connectivity index (χ2n) is 4.61. The van der Waals surface area contributed by atoms with Crippen molar-refractivity contribution in [1.29, 1.82) is 0 Å². The highest BCUT2D eigenvalue weighted by Crippen LogP contribution is 2.21. The summed E-state index contributed by atoms with van der Waals surface area (Å²) in [4.78, 5) is 13.9. The van der Waals surface area contributed by atoms with E-state index >= 15 is 0 Å². The zero-order chi connectivity index (χ0) is 13.7. The average molecular weight is 252 g/mol. The van der Waals surface area contributed by atoms with Crippen LogP contribution < -0.4 is 5.32 Å². The van der Waals surface area contributed by atoms with E-state index in [1.165, 1.54) is 6.07 Å². The summed E-state index contributed by atoms with van der Waals surface area (Å²) in [5, 5.41) is 2.74. The van der Waals surface area contributed by atoms with Crippen molar-refractivity contribution in [2.75, 3.05) is 26.0 Å². The number of hydrogen-bond donors (Lipinski definition) is 1. The first-order valence-corrected chi connectivity index (χ1v) is 6.23. The minimum Gasteiger partial charge on any atom is -0.385 e. The van der Waals surface area contributed by atoms with E-state index in [4.69, 9.17) is 0 Å². The molecule has 0 aliphatic heterocycles. The molecule has 4 heteroatoms. The van der Waals surface area contributed by atoms with E-state index in [1.807, 2.05) is 0 Å². The molecule has 0 heterocycles. The molecular formula is C14H21FN2O. The number of para-hydroxylation sites is 1. The topological polar surface area (TPSA) is 32.3 Å². The molecule has 1 N–H and O–H groups in total. The third-order valence-corrected chi connectivity index (χ3v) is 3.12. The Morgan fingerprint density at radius 1 is 1.50 bits per heavy atom. The first kappa shape index (κ1) is 14.5. The van der Waals surface area contributed by atoms with Crippen molar-refractivity contribution < 1.29 is 9.18 Å². The van der Waals surface area contributed by atoms with Gasteiger partial charge in [0.1, 0.15) is 5.82 Å². The van der Waals surface area contributed by atoms with Gasteiger partial charge in [-0.15, -0.1) is 0 Å². The van der Waals surface area contributed by atoms with Gasteiger partial charge in [-0.25, -0.2) is 4.39 Å². The fraction of sp³-hybridized carbons (Fsp3) is 0.500. The fourth-order valence-electron chi connectivity index (χ4n) is 1.84. The number of rotatable bonds is 5. The molecule has 1 unspecified atom stereocenters. The van der Waals surface area contributed by atoms with Gasteiger partial charge < -0.3 is 10.2 Å². The van der Waals surface area contributed by atoms with Gasteiger partial charge in [0.05, 0.1) is 11.3 Å². The summed E-state index contributed by atoms with van der Waals surface area (Å²) in [6.07, 6.45) is 1.01. The number of nitrogens with one attached hydrogen (secondary N) is 1. The average Bonchev–Trinajstić information content (AvgIpc) is 2.37. The molecule has 3 nitrogen and oxygen atoms in total. The minimum atomic E-state index is -0.403. The number of carbonyl (C=O) groups excluding carboxylic acids is 1. The predicted octanol–water partition coefficient (Wildman–Crippen LogP) is 2.99. The van der Waals surface area contributed by atoms with Crippen LogP contribution in [0, 0.1) is 11.7 Å². The summed E-state index contributed by atoms with van der Waals surface area (Å²) >= 11 is 0. The largest absolute Gasteiger partial charge is 0.385 e. The highest BCUT2D eigenvalue weighted by atomic mass is 19.1. The van der Waals surface area contributed by atoms with E-state index in [-0.39, 0.29) is 11.6 Å². The van der Waals surface area contributed by atoms with Gasteiger partial charge in [0.2, 0.25) is 0 Å². The van der Waals surface area contributed by atoms with Crippen LogP contribution in [-0.2, 0) is 0 Å². The van der Waals surface area contributed by atoms with E-state index in [2.05, 4.69) is 19.2 Å². The van der Waals surface area contributed by atoms with Gasteiger partial charge in [0.25, 0.3) is 5.91 Å². The van der Waals surface area contributed by atoms with Crippen LogP contribution in [0.3, 0.4) is 0 Å². The molecule has 1 rings (SSSR count). The van der Waals surface area contributed by atoms with Crippen molar-refractivity contribution in [3.8, 4) is 0 Å². The van der Waals surface area contributed by atoms with Gasteiger partial charge in [-0.3, -0.25) is 4.79 Å². The number of anilines is 1. The zero-order valence-corrected chi connectivity index (χ0v) is 11.5. The van der Waals surface area contributed by atoms with Crippen molar-refractivity contribution in [3.63, 3.8) is 0 Å². The molecule has 1 aromatic rings. The van der Waals surface area contributed by atoms with Crippen LogP contribution in [0.25, 0.3) is 0 Å². The Kier molecular flexibility index (Phi) is 5.13. The summed E-state index contributed by atoms with van der Waals surface area (Å²) in [5.41, 5.74) is 0.641. The first-order chi connectivity index (χ1) is 8.51. The fourth-order valence-corrected chi connectivity index (χ4v) is 1.84. The first-order valence-electron chi connectivity index (χ1n) is 6.23. The third kappa shape index (κ3) is 3.22. The van der Waals surface area contributed by atoms with E-state index in [1.54, 1.807) is 31.1 Å². The van der Waals surface area contributed by atoms with Gasteiger partial charge in [-0.2, -0.15) is 0 Å². The van der Waals surface area contributed by atoms with E-state index in [0.717, 1.165) is 6.42 Å². The Labute approximate surface area is 108 Å². The van der Waals surface area contributed by atoms with E-state index < -0.39 is 5.82 Å². The molecule has 0 aliphatic rings. The normalized spacial score (nSPS) is 12.1. The molecule has 0 aromatic heterocycles. The maximum atomic E-state index is 13.6. The van der Waals surface area contributed by atoms with Gasteiger partial charge in [0, 0.05) is 20.6 Å². The number of halogens is 1. The summed E-state index contributed by atoms with van der Waals surface area (Å²) in [5.74, 6) is -0.120. The maximum Gasteiger partial charge on any atom is 0.255 e. The molecule has 0 saturated heterocycles. The number of amides is 1. The lowest BCUT2D eigenvalue weighted by Gasteiger charge is -2.22. The maximum absolute atomic E-state index is 13.6. The number of hydrogen-bond acceptors (Lipinski definition) is 2. The molecule has 18 heavy (non-hydrogen) atoms. The van der Waals surface area contributed by atoms with Gasteiger partial charge >= 0.3 is 0 Å². The minimum absolute atomic E-state index is 0.154. The zero-order valence-electron chi connectivity index (χ0n) is 11.5. The summed E-state index contributed by atoms with van der Waals surface area (Å²) in [7, 11) is 3.36. The number of benzene rings is 1. The second-order valence-corrected chi connectivity index (χ2v) is 4.61. The number of nitrogens with zero attached hydrogens (tertiary/aromatic N) is 1. The molecule has 1 aromatic carbocycles. The van der Waals surface area contributed by atoms with Crippen molar-refractivity contribution >= 4 is 11.6 Å². The quantitative estimate of drug-likeness (QED) is 0.873. The summed E-state index contributed by atoms with van der Waals surface area (Å²) in [6, 6.07) is 4.54. The Morgan fingerprint density at radius 3 is 2.72 bits per heavy atom. The molecule has 1 atom stereocenters. The molecular weight excluding hydrogens is 231 g/mol. The van der Waals surface area contributed by atoms with Crippen LogP contribution in [-0.4, -0.2) is 31.4 Å². The lowest BCUT2D eigenvalue weighted by molar-refractivity contribution is 0.0775. The third-order valence-electron chi connectivity index (χ3n) is 3.12.